The number of aliphatic hydroxyl groups is 1. The fourth-order valence-electron chi connectivity index (χ4n) is 3.08. The lowest BCUT2D eigenvalue weighted by atomic mass is 10.1. The van der Waals surface area contributed by atoms with E-state index in [-0.39, 0.29) is 6.10 Å². The van der Waals surface area contributed by atoms with Crippen LogP contribution in [0.15, 0.2) is 35.8 Å². The van der Waals surface area contributed by atoms with Crippen LogP contribution in [0.5, 0.6) is 0 Å². The van der Waals surface area contributed by atoms with Crippen molar-refractivity contribution in [2.24, 2.45) is 5.92 Å². The van der Waals surface area contributed by atoms with E-state index in [0.29, 0.717) is 11.7 Å². The van der Waals surface area contributed by atoms with E-state index in [1.165, 1.54) is 0 Å². The van der Waals surface area contributed by atoms with E-state index in [1.807, 2.05) is 29.6 Å². The molecule has 2 unspecified atom stereocenters. The molecule has 0 saturated heterocycles. The topological polar surface area (TPSA) is 70.9 Å². The van der Waals surface area contributed by atoms with Crippen molar-refractivity contribution in [2.75, 3.05) is 11.9 Å². The summed E-state index contributed by atoms with van der Waals surface area (Å²) >= 11 is 1.60. The average Bonchev–Trinajstić information content (AvgIpc) is 3.22. The molecule has 3 aromatic rings. The summed E-state index contributed by atoms with van der Waals surface area (Å²) in [7, 11) is 0. The molecule has 0 spiro atoms. The zero-order chi connectivity index (χ0) is 15.6. The van der Waals surface area contributed by atoms with Crippen LogP contribution in [0.2, 0.25) is 0 Å². The van der Waals surface area contributed by atoms with Crippen molar-refractivity contribution in [1.82, 2.24) is 15.0 Å². The van der Waals surface area contributed by atoms with Gasteiger partial charge in [0.25, 0.3) is 0 Å². The van der Waals surface area contributed by atoms with Gasteiger partial charge < -0.3 is 10.4 Å². The molecule has 0 bridgehead atoms. The molecule has 118 valence electrons. The van der Waals surface area contributed by atoms with Crippen molar-refractivity contribution in [3.05, 3.63) is 35.8 Å². The quantitative estimate of drug-likeness (QED) is 0.769. The Balaban J connectivity index is 1.66. The van der Waals surface area contributed by atoms with Crippen LogP contribution in [0.25, 0.3) is 21.7 Å². The van der Waals surface area contributed by atoms with Gasteiger partial charge in [0.15, 0.2) is 5.82 Å². The van der Waals surface area contributed by atoms with Crippen molar-refractivity contribution in [1.29, 1.82) is 0 Å². The second-order valence-corrected chi connectivity index (χ2v) is 6.78. The highest BCUT2D eigenvalue weighted by atomic mass is 32.1. The first kappa shape index (κ1) is 14.5. The highest BCUT2D eigenvalue weighted by Gasteiger charge is 2.25. The zero-order valence-electron chi connectivity index (χ0n) is 12.6. The largest absolute Gasteiger partial charge is 0.393 e. The van der Waals surface area contributed by atoms with E-state index in [2.05, 4.69) is 20.3 Å². The molecule has 1 fully saturated rings. The number of fused-ring (bicyclic) bond motifs is 1. The van der Waals surface area contributed by atoms with Gasteiger partial charge >= 0.3 is 0 Å². The van der Waals surface area contributed by atoms with E-state index in [4.69, 9.17) is 0 Å². The van der Waals surface area contributed by atoms with E-state index < -0.39 is 0 Å². The highest BCUT2D eigenvalue weighted by Crippen LogP contribution is 2.30. The van der Waals surface area contributed by atoms with Crippen molar-refractivity contribution in [3.8, 4) is 11.5 Å². The standard InChI is InChI=1S/C17H18N4OS/c22-14-6-3-4-11(14)10-19-15-12-7-9-23-17(12)21-16(20-15)13-5-1-2-8-18-13/h1-2,5,7-9,11,14,22H,3-4,6,10H2,(H,19,20,21). The monoisotopic (exact) mass is 326 g/mol. The maximum absolute atomic E-state index is 9.99. The Bertz CT molecular complexity index is 805. The first-order valence-corrected chi connectivity index (χ1v) is 8.78. The number of aromatic nitrogens is 3. The van der Waals surface area contributed by atoms with Crippen LogP contribution in [0.1, 0.15) is 19.3 Å². The van der Waals surface area contributed by atoms with Crippen molar-refractivity contribution < 1.29 is 5.11 Å². The fraction of sp³-hybridized carbons (Fsp3) is 0.353. The first-order chi connectivity index (χ1) is 11.3. The van der Waals surface area contributed by atoms with E-state index in [9.17, 15) is 5.11 Å². The number of hydrogen-bond acceptors (Lipinski definition) is 6. The third kappa shape index (κ3) is 2.92. The summed E-state index contributed by atoms with van der Waals surface area (Å²) in [6.45, 7) is 0.741. The molecule has 4 rings (SSSR count). The van der Waals surface area contributed by atoms with Crippen LogP contribution >= 0.6 is 11.3 Å². The maximum Gasteiger partial charge on any atom is 0.181 e. The molecule has 1 aliphatic rings. The molecular formula is C17H18N4OS. The molecule has 2 N–H and O–H groups in total. The Labute approximate surface area is 138 Å². The minimum atomic E-state index is -0.197. The molecule has 0 aliphatic heterocycles. The number of pyridine rings is 1. The van der Waals surface area contributed by atoms with Gasteiger partial charge in [0, 0.05) is 18.7 Å². The molecule has 0 radical (unpaired) electrons. The third-order valence-electron chi connectivity index (χ3n) is 4.37. The number of nitrogens with one attached hydrogen (secondary N) is 1. The van der Waals surface area contributed by atoms with Crippen LogP contribution in [-0.4, -0.2) is 32.7 Å². The van der Waals surface area contributed by atoms with Gasteiger partial charge in [-0.25, -0.2) is 9.97 Å². The molecule has 3 heterocycles. The van der Waals surface area contributed by atoms with Crippen LogP contribution in [0.3, 0.4) is 0 Å². The molecule has 1 saturated carbocycles. The van der Waals surface area contributed by atoms with E-state index in [1.54, 1.807) is 17.5 Å². The Morgan fingerprint density at radius 3 is 2.96 bits per heavy atom. The van der Waals surface area contributed by atoms with Crippen molar-refractivity contribution in [2.45, 2.75) is 25.4 Å². The molecule has 5 nitrogen and oxygen atoms in total. The second-order valence-electron chi connectivity index (χ2n) is 5.89. The van der Waals surface area contributed by atoms with Crippen LogP contribution < -0.4 is 5.32 Å². The smallest absolute Gasteiger partial charge is 0.181 e. The number of aliphatic hydroxyl groups excluding tert-OH is 1. The summed E-state index contributed by atoms with van der Waals surface area (Å²) in [5.41, 5.74) is 0.770. The van der Waals surface area contributed by atoms with Gasteiger partial charge in [-0.2, -0.15) is 0 Å². The maximum atomic E-state index is 9.99. The van der Waals surface area contributed by atoms with Crippen molar-refractivity contribution in [3.63, 3.8) is 0 Å². The molecule has 0 aromatic carbocycles. The van der Waals surface area contributed by atoms with Gasteiger partial charge in [-0.15, -0.1) is 11.3 Å². The van der Waals surface area contributed by atoms with Crippen LogP contribution in [0, 0.1) is 5.92 Å². The minimum absolute atomic E-state index is 0.197. The molecule has 23 heavy (non-hydrogen) atoms. The summed E-state index contributed by atoms with van der Waals surface area (Å²) in [6, 6.07) is 7.77. The lowest BCUT2D eigenvalue weighted by Crippen LogP contribution is -2.22. The van der Waals surface area contributed by atoms with Gasteiger partial charge in [0.1, 0.15) is 16.3 Å². The molecule has 1 aliphatic carbocycles. The van der Waals surface area contributed by atoms with Crippen LogP contribution in [-0.2, 0) is 0 Å². The summed E-state index contributed by atoms with van der Waals surface area (Å²) in [4.78, 5) is 14.6. The Hall–Kier alpha value is -2.05. The number of nitrogens with zero attached hydrogens (tertiary/aromatic N) is 3. The zero-order valence-corrected chi connectivity index (χ0v) is 13.5. The fourth-order valence-corrected chi connectivity index (χ4v) is 3.85. The predicted octanol–water partition coefficient (Wildman–Crippen LogP) is 3.33. The SMILES string of the molecule is OC1CCCC1CNc1nc(-c2ccccn2)nc2sccc12. The van der Waals surface area contributed by atoms with Gasteiger partial charge in [-0.05, 0) is 36.4 Å². The number of anilines is 1. The van der Waals surface area contributed by atoms with Crippen LogP contribution in [0.4, 0.5) is 5.82 Å². The van der Waals surface area contributed by atoms with Gasteiger partial charge in [0.05, 0.1) is 11.5 Å². The first-order valence-electron chi connectivity index (χ1n) is 7.90. The Morgan fingerprint density at radius 2 is 2.17 bits per heavy atom. The molecular weight excluding hydrogens is 308 g/mol. The number of thiophene rings is 1. The number of rotatable bonds is 4. The number of hydrogen-bond donors (Lipinski definition) is 2. The molecule has 3 aromatic heterocycles. The Morgan fingerprint density at radius 1 is 1.22 bits per heavy atom. The summed E-state index contributed by atoms with van der Waals surface area (Å²) < 4.78 is 0. The average molecular weight is 326 g/mol. The normalized spacial score (nSPS) is 20.9. The molecule has 2 atom stereocenters. The lowest BCUT2D eigenvalue weighted by Gasteiger charge is -2.16. The van der Waals surface area contributed by atoms with Gasteiger partial charge in [-0.1, -0.05) is 12.5 Å². The van der Waals surface area contributed by atoms with Crippen molar-refractivity contribution >= 4 is 27.4 Å². The predicted molar refractivity (Wildman–Crippen MR) is 92.5 cm³/mol. The molecule has 0 amide bonds. The highest BCUT2D eigenvalue weighted by molar-refractivity contribution is 7.16. The van der Waals surface area contributed by atoms with E-state index in [0.717, 1.165) is 47.5 Å². The molecule has 6 heteroatoms. The lowest BCUT2D eigenvalue weighted by molar-refractivity contribution is 0.138. The minimum Gasteiger partial charge on any atom is -0.393 e. The summed E-state index contributed by atoms with van der Waals surface area (Å²) in [5.74, 6) is 1.77. The van der Waals surface area contributed by atoms with E-state index >= 15 is 0 Å². The summed E-state index contributed by atoms with van der Waals surface area (Å²) in [6.07, 6.45) is 4.63. The third-order valence-corrected chi connectivity index (χ3v) is 5.18. The summed E-state index contributed by atoms with van der Waals surface area (Å²) in [5, 5.41) is 16.5. The second kappa shape index (κ2) is 6.22. The Kier molecular flexibility index (Phi) is 3.93. The van der Waals surface area contributed by atoms with Gasteiger partial charge in [0.2, 0.25) is 0 Å². The van der Waals surface area contributed by atoms with Gasteiger partial charge in [-0.3, -0.25) is 4.98 Å².